The molecule has 0 amide bonds. The van der Waals surface area contributed by atoms with Gasteiger partial charge in [0.25, 0.3) is 0 Å². The Morgan fingerprint density at radius 2 is 2.09 bits per heavy atom. The number of hydrogen-bond acceptors (Lipinski definition) is 4. The van der Waals surface area contributed by atoms with Crippen LogP contribution in [-0.4, -0.2) is 28.7 Å². The Hall–Kier alpha value is -2.40. The Morgan fingerprint density at radius 3 is 2.78 bits per heavy atom. The smallest absolute Gasteiger partial charge is 0.321 e. The van der Waals surface area contributed by atoms with Crippen molar-refractivity contribution in [3.05, 3.63) is 59.4 Å². The highest BCUT2D eigenvalue weighted by molar-refractivity contribution is 5.73. The van der Waals surface area contributed by atoms with Crippen molar-refractivity contribution in [2.45, 2.75) is 32.9 Å². The molecular weight excluding hydrogens is 292 g/mol. The Balaban J connectivity index is 2.00. The van der Waals surface area contributed by atoms with Crippen molar-refractivity contribution in [3.63, 3.8) is 0 Å². The molecule has 1 unspecified atom stereocenters. The number of aryl methyl sites for hydroxylation is 1. The fraction of sp³-hybridized carbons (Fsp3) is 0.333. The van der Waals surface area contributed by atoms with E-state index in [2.05, 4.69) is 10.3 Å². The van der Waals surface area contributed by atoms with Gasteiger partial charge in [0.2, 0.25) is 0 Å². The number of rotatable bonds is 8. The quantitative estimate of drug-likeness (QED) is 0.783. The summed E-state index contributed by atoms with van der Waals surface area (Å²) in [7, 11) is 0. The summed E-state index contributed by atoms with van der Waals surface area (Å²) in [4.78, 5) is 15.8. The summed E-state index contributed by atoms with van der Waals surface area (Å²) in [5.41, 5.74) is 2.64. The molecule has 2 N–H and O–H groups in total. The molecule has 1 heterocycles. The number of aliphatic carboxylic acids is 1. The molecule has 23 heavy (non-hydrogen) atoms. The van der Waals surface area contributed by atoms with E-state index in [0.29, 0.717) is 19.6 Å². The molecule has 1 aromatic heterocycles. The van der Waals surface area contributed by atoms with E-state index in [1.54, 1.807) is 0 Å². The molecule has 0 aliphatic rings. The zero-order chi connectivity index (χ0) is 16.7. The fourth-order valence-electron chi connectivity index (χ4n) is 2.32. The number of nitrogens with one attached hydrogen (secondary N) is 1. The second kappa shape index (κ2) is 8.29. The molecule has 0 fully saturated rings. The number of nitrogens with zero attached hydrogens (tertiary/aromatic N) is 1. The number of benzene rings is 1. The molecule has 2 aromatic rings. The molecule has 1 aromatic carbocycles. The number of carboxylic acid groups (broad SMARTS) is 1. The summed E-state index contributed by atoms with van der Waals surface area (Å²) in [5, 5.41) is 12.5. The predicted octanol–water partition coefficient (Wildman–Crippen LogP) is 2.57. The van der Waals surface area contributed by atoms with Gasteiger partial charge in [0.15, 0.2) is 0 Å². The lowest BCUT2D eigenvalue weighted by Crippen LogP contribution is -2.38. The zero-order valence-electron chi connectivity index (χ0n) is 13.5. The molecule has 5 nitrogen and oxygen atoms in total. The van der Waals surface area contributed by atoms with Gasteiger partial charge in [-0.3, -0.25) is 15.1 Å². The molecule has 5 heteroatoms. The van der Waals surface area contributed by atoms with Crippen LogP contribution >= 0.6 is 0 Å². The van der Waals surface area contributed by atoms with Crippen LogP contribution in [0.1, 0.15) is 23.9 Å². The van der Waals surface area contributed by atoms with Gasteiger partial charge in [0, 0.05) is 24.4 Å². The summed E-state index contributed by atoms with van der Waals surface area (Å²) < 4.78 is 5.46. The third-order valence-electron chi connectivity index (χ3n) is 3.42. The van der Waals surface area contributed by atoms with Crippen molar-refractivity contribution in [1.82, 2.24) is 10.3 Å². The lowest BCUT2D eigenvalue weighted by molar-refractivity contribution is -0.139. The second-order valence-corrected chi connectivity index (χ2v) is 5.33. The zero-order valence-corrected chi connectivity index (χ0v) is 13.5. The topological polar surface area (TPSA) is 71.5 Å². The lowest BCUT2D eigenvalue weighted by Gasteiger charge is -2.15. The molecule has 0 saturated heterocycles. The van der Waals surface area contributed by atoms with Gasteiger partial charge in [-0.25, -0.2) is 0 Å². The van der Waals surface area contributed by atoms with E-state index >= 15 is 0 Å². The monoisotopic (exact) mass is 314 g/mol. The molecule has 0 aliphatic carbocycles. The number of hydrogen-bond donors (Lipinski definition) is 2. The Kier molecular flexibility index (Phi) is 6.11. The average molecular weight is 314 g/mol. The summed E-state index contributed by atoms with van der Waals surface area (Å²) in [6, 6.07) is 12.6. The normalized spacial score (nSPS) is 11.9. The predicted molar refractivity (Wildman–Crippen MR) is 88.6 cm³/mol. The number of aromatic nitrogens is 1. The number of ether oxygens (including phenoxy) is 1. The van der Waals surface area contributed by atoms with Crippen LogP contribution in [0, 0.1) is 6.92 Å². The van der Waals surface area contributed by atoms with Gasteiger partial charge in [-0.1, -0.05) is 18.2 Å². The largest absolute Gasteiger partial charge is 0.494 e. The summed E-state index contributed by atoms with van der Waals surface area (Å²) in [5.74, 6) is -0.0895. The standard InChI is InChI=1S/C18H22N2O3/c1-3-23-16-9-5-7-14(10-16)12-19-17(18(21)22)11-15-8-4-6-13(2)20-15/h4-10,17,19H,3,11-12H2,1-2H3,(H,21,22). The first-order valence-corrected chi connectivity index (χ1v) is 7.69. The minimum absolute atomic E-state index is 0.349. The molecule has 0 spiro atoms. The van der Waals surface area contributed by atoms with Gasteiger partial charge < -0.3 is 9.84 Å². The minimum Gasteiger partial charge on any atom is -0.494 e. The Labute approximate surface area is 136 Å². The third kappa shape index (κ3) is 5.38. The van der Waals surface area contributed by atoms with Gasteiger partial charge >= 0.3 is 5.97 Å². The molecule has 0 aliphatic heterocycles. The first-order valence-electron chi connectivity index (χ1n) is 7.69. The van der Waals surface area contributed by atoms with Gasteiger partial charge in [-0.15, -0.1) is 0 Å². The van der Waals surface area contributed by atoms with Gasteiger partial charge in [-0.2, -0.15) is 0 Å². The van der Waals surface area contributed by atoms with E-state index in [1.807, 2.05) is 56.3 Å². The molecule has 0 saturated carbocycles. The molecule has 122 valence electrons. The second-order valence-electron chi connectivity index (χ2n) is 5.33. The van der Waals surface area contributed by atoms with Crippen molar-refractivity contribution in [2.24, 2.45) is 0 Å². The van der Waals surface area contributed by atoms with Crippen molar-refractivity contribution >= 4 is 5.97 Å². The maximum Gasteiger partial charge on any atom is 0.321 e. The molecule has 0 radical (unpaired) electrons. The number of pyridine rings is 1. The number of carboxylic acids is 1. The highest BCUT2D eigenvalue weighted by atomic mass is 16.5. The van der Waals surface area contributed by atoms with Crippen LogP contribution < -0.4 is 10.1 Å². The summed E-state index contributed by atoms with van der Waals surface area (Å²) >= 11 is 0. The SMILES string of the molecule is CCOc1cccc(CNC(Cc2cccc(C)n2)C(=O)O)c1. The molecule has 2 rings (SSSR count). The van der Waals surface area contributed by atoms with E-state index in [-0.39, 0.29) is 0 Å². The van der Waals surface area contributed by atoms with E-state index in [9.17, 15) is 9.90 Å². The van der Waals surface area contributed by atoms with Crippen LogP contribution in [0.25, 0.3) is 0 Å². The van der Waals surface area contributed by atoms with Crippen molar-refractivity contribution in [2.75, 3.05) is 6.61 Å². The lowest BCUT2D eigenvalue weighted by atomic mass is 10.1. The Morgan fingerprint density at radius 1 is 1.30 bits per heavy atom. The first-order chi connectivity index (χ1) is 11.1. The van der Waals surface area contributed by atoms with Crippen LogP contribution in [0.2, 0.25) is 0 Å². The van der Waals surface area contributed by atoms with Crippen LogP contribution in [0.3, 0.4) is 0 Å². The molecule has 1 atom stereocenters. The van der Waals surface area contributed by atoms with Crippen LogP contribution in [0.15, 0.2) is 42.5 Å². The Bertz CT molecular complexity index is 658. The fourth-order valence-corrected chi connectivity index (χ4v) is 2.32. The highest BCUT2D eigenvalue weighted by Crippen LogP contribution is 2.13. The van der Waals surface area contributed by atoms with Crippen molar-refractivity contribution < 1.29 is 14.6 Å². The summed E-state index contributed by atoms with van der Waals surface area (Å²) in [6.07, 6.45) is 0.349. The maximum atomic E-state index is 11.5. The van der Waals surface area contributed by atoms with Crippen molar-refractivity contribution in [1.29, 1.82) is 0 Å². The van der Waals surface area contributed by atoms with E-state index < -0.39 is 12.0 Å². The summed E-state index contributed by atoms with van der Waals surface area (Å²) in [6.45, 7) is 4.89. The van der Waals surface area contributed by atoms with E-state index in [1.165, 1.54) is 0 Å². The van der Waals surface area contributed by atoms with Crippen molar-refractivity contribution in [3.8, 4) is 5.75 Å². The van der Waals surface area contributed by atoms with Crippen LogP contribution in [0.4, 0.5) is 0 Å². The third-order valence-corrected chi connectivity index (χ3v) is 3.42. The van der Waals surface area contributed by atoms with Gasteiger partial charge in [-0.05, 0) is 43.7 Å². The van der Waals surface area contributed by atoms with E-state index in [4.69, 9.17) is 4.74 Å². The maximum absolute atomic E-state index is 11.5. The van der Waals surface area contributed by atoms with Crippen LogP contribution in [-0.2, 0) is 17.8 Å². The number of carbonyl (C=O) groups is 1. The average Bonchev–Trinajstić information content (AvgIpc) is 2.52. The molecule has 0 bridgehead atoms. The van der Waals surface area contributed by atoms with Gasteiger partial charge in [0.05, 0.1) is 6.61 Å². The first kappa shape index (κ1) is 17.0. The minimum atomic E-state index is -0.880. The van der Waals surface area contributed by atoms with E-state index in [0.717, 1.165) is 22.7 Å². The molecular formula is C18H22N2O3. The van der Waals surface area contributed by atoms with Gasteiger partial charge in [0.1, 0.15) is 11.8 Å². The van der Waals surface area contributed by atoms with Crippen LogP contribution in [0.5, 0.6) is 5.75 Å². The highest BCUT2D eigenvalue weighted by Gasteiger charge is 2.18.